The number of pyridine rings is 1. The Morgan fingerprint density at radius 1 is 1.00 bits per heavy atom. The average Bonchev–Trinajstić information content (AvgIpc) is 2.78. The summed E-state index contributed by atoms with van der Waals surface area (Å²) in [6, 6.07) is 9.79. The molecule has 0 aliphatic carbocycles. The van der Waals surface area contributed by atoms with Crippen molar-refractivity contribution < 1.29 is 4.39 Å². The van der Waals surface area contributed by atoms with Crippen LogP contribution < -0.4 is 0 Å². The first-order valence-corrected chi connectivity index (χ1v) is 11.9. The Morgan fingerprint density at radius 3 is 2.39 bits per heavy atom. The van der Waals surface area contributed by atoms with Gasteiger partial charge in [0.2, 0.25) is 0 Å². The van der Waals surface area contributed by atoms with Crippen molar-refractivity contribution in [2.24, 2.45) is 5.92 Å². The van der Waals surface area contributed by atoms with Gasteiger partial charge in [0.15, 0.2) is 0 Å². The summed E-state index contributed by atoms with van der Waals surface area (Å²) in [5, 5.41) is 0.511. The van der Waals surface area contributed by atoms with Gasteiger partial charge in [0, 0.05) is 48.7 Å². The molecule has 2 fully saturated rings. The Labute approximate surface area is 191 Å². The van der Waals surface area contributed by atoms with E-state index in [1.54, 1.807) is 12.1 Å². The van der Waals surface area contributed by atoms with Crippen molar-refractivity contribution in [3.05, 3.63) is 64.7 Å². The first kappa shape index (κ1) is 22.7. The van der Waals surface area contributed by atoms with Gasteiger partial charge >= 0.3 is 0 Å². The van der Waals surface area contributed by atoms with Crippen molar-refractivity contribution in [2.45, 2.75) is 44.8 Å². The van der Waals surface area contributed by atoms with Crippen molar-refractivity contribution >= 4 is 11.6 Å². The molecule has 1 aromatic heterocycles. The van der Waals surface area contributed by atoms with E-state index in [1.165, 1.54) is 63.5 Å². The van der Waals surface area contributed by atoms with Gasteiger partial charge in [0.25, 0.3) is 0 Å². The second-order valence-electron chi connectivity index (χ2n) is 9.24. The molecule has 1 aromatic carbocycles. The fraction of sp³-hybridized carbons (Fsp3) is 0.560. The molecule has 2 aliphatic rings. The van der Waals surface area contributed by atoms with E-state index in [2.05, 4.69) is 26.7 Å². The summed E-state index contributed by atoms with van der Waals surface area (Å²) < 4.78 is 14.5. The molecule has 3 heterocycles. The van der Waals surface area contributed by atoms with Crippen molar-refractivity contribution in [3.8, 4) is 0 Å². The van der Waals surface area contributed by atoms with E-state index in [0.29, 0.717) is 23.0 Å². The smallest absolute Gasteiger partial charge is 0.129 e. The van der Waals surface area contributed by atoms with E-state index >= 15 is 0 Å². The third-order valence-corrected chi connectivity index (χ3v) is 7.32. The monoisotopic (exact) mass is 444 g/mol. The van der Waals surface area contributed by atoms with E-state index in [-0.39, 0.29) is 5.82 Å². The zero-order chi connectivity index (χ0) is 21.6. The summed E-state index contributed by atoms with van der Waals surface area (Å²) in [5.41, 5.74) is 1.80. The maximum atomic E-state index is 14.5. The Morgan fingerprint density at radius 2 is 1.71 bits per heavy atom. The minimum Gasteiger partial charge on any atom is -0.306 e. The van der Waals surface area contributed by atoms with Crippen LogP contribution in [-0.4, -0.2) is 65.5 Å². The molecule has 2 aliphatic heterocycles. The van der Waals surface area contributed by atoms with E-state index in [9.17, 15) is 4.39 Å². The number of aromatic nitrogens is 1. The average molecular weight is 445 g/mol. The maximum Gasteiger partial charge on any atom is 0.129 e. The molecule has 4 rings (SSSR count). The number of piperidine rings is 2. The van der Waals surface area contributed by atoms with E-state index in [1.807, 2.05) is 24.5 Å². The Hall–Kier alpha value is -1.53. The predicted molar refractivity (Wildman–Crippen MR) is 125 cm³/mol. The number of nitrogens with zero attached hydrogens (tertiary/aromatic N) is 4. The van der Waals surface area contributed by atoms with Crippen LogP contribution in [0.2, 0.25) is 5.02 Å². The number of benzene rings is 1. The van der Waals surface area contributed by atoms with Crippen molar-refractivity contribution in [1.82, 2.24) is 19.7 Å². The SMILES string of the molecule is CN1CCC(N2CCC(CN(Cc3ccncc3)Cc3c(F)cccc3Cl)CC2)CC1. The Kier molecular flexibility index (Phi) is 7.94. The van der Waals surface area contributed by atoms with Crippen LogP contribution in [0.25, 0.3) is 0 Å². The number of likely N-dealkylation sites (tertiary alicyclic amines) is 2. The van der Waals surface area contributed by atoms with E-state index < -0.39 is 0 Å². The Balaban J connectivity index is 1.38. The molecule has 4 nitrogen and oxygen atoms in total. The molecule has 0 amide bonds. The molecule has 6 heteroatoms. The van der Waals surface area contributed by atoms with Gasteiger partial charge in [-0.15, -0.1) is 0 Å². The number of hydrogen-bond acceptors (Lipinski definition) is 4. The molecule has 0 bridgehead atoms. The van der Waals surface area contributed by atoms with Gasteiger partial charge in [0.1, 0.15) is 5.82 Å². The lowest BCUT2D eigenvalue weighted by molar-refractivity contribution is 0.0727. The summed E-state index contributed by atoms with van der Waals surface area (Å²) in [7, 11) is 2.22. The minimum atomic E-state index is -0.218. The van der Waals surface area contributed by atoms with Gasteiger partial charge in [0.05, 0.1) is 0 Å². The van der Waals surface area contributed by atoms with Crippen LogP contribution in [0, 0.1) is 11.7 Å². The van der Waals surface area contributed by atoms with E-state index in [0.717, 1.165) is 19.1 Å². The van der Waals surface area contributed by atoms with Crippen molar-refractivity contribution in [3.63, 3.8) is 0 Å². The van der Waals surface area contributed by atoms with Crippen LogP contribution in [0.5, 0.6) is 0 Å². The highest BCUT2D eigenvalue weighted by Gasteiger charge is 2.28. The number of halogens is 2. The summed E-state index contributed by atoms with van der Waals surface area (Å²) >= 11 is 6.35. The zero-order valence-corrected chi connectivity index (χ0v) is 19.3. The molecule has 31 heavy (non-hydrogen) atoms. The Bertz CT molecular complexity index is 797. The lowest BCUT2D eigenvalue weighted by Crippen LogP contribution is -2.47. The fourth-order valence-corrected chi connectivity index (χ4v) is 5.29. The third kappa shape index (κ3) is 6.26. The zero-order valence-electron chi connectivity index (χ0n) is 18.5. The highest BCUT2D eigenvalue weighted by molar-refractivity contribution is 6.31. The topological polar surface area (TPSA) is 22.6 Å². The first-order valence-electron chi connectivity index (χ1n) is 11.5. The quantitative estimate of drug-likeness (QED) is 0.618. The highest BCUT2D eigenvalue weighted by Crippen LogP contribution is 2.27. The van der Waals surface area contributed by atoms with Gasteiger partial charge in [-0.25, -0.2) is 4.39 Å². The second kappa shape index (κ2) is 10.9. The normalized spacial score (nSPS) is 19.9. The predicted octanol–water partition coefficient (Wildman–Crippen LogP) is 4.68. The molecule has 0 radical (unpaired) electrons. The van der Waals surface area contributed by atoms with Crippen molar-refractivity contribution in [2.75, 3.05) is 39.8 Å². The summed E-state index contributed by atoms with van der Waals surface area (Å²) in [5.74, 6) is 0.416. The van der Waals surface area contributed by atoms with Gasteiger partial charge < -0.3 is 9.80 Å². The standard InChI is InChI=1S/C25H34ClFN4/c1-29-13-9-22(10-14-29)31-15-7-21(8-16-31)18-30(17-20-5-11-28-12-6-20)19-23-24(26)3-2-4-25(23)27/h2-6,11-12,21-22H,7-10,13-19H2,1H3. The van der Waals surface area contributed by atoms with Gasteiger partial charge in [-0.05, 0) is 94.7 Å². The molecule has 2 aromatic rings. The maximum absolute atomic E-state index is 14.5. The van der Waals surface area contributed by atoms with Crippen LogP contribution in [0.3, 0.4) is 0 Å². The fourth-order valence-electron chi connectivity index (χ4n) is 5.06. The molecule has 0 spiro atoms. The first-order chi connectivity index (χ1) is 15.1. The summed E-state index contributed by atoms with van der Waals surface area (Å²) in [6.07, 6.45) is 8.66. The lowest BCUT2D eigenvalue weighted by Gasteiger charge is -2.42. The molecule has 0 atom stereocenters. The lowest BCUT2D eigenvalue weighted by atomic mass is 9.92. The molecule has 2 saturated heterocycles. The van der Waals surface area contributed by atoms with E-state index in [4.69, 9.17) is 11.6 Å². The van der Waals surface area contributed by atoms with Gasteiger partial charge in [-0.2, -0.15) is 0 Å². The van der Waals surface area contributed by atoms with Gasteiger partial charge in [-0.3, -0.25) is 9.88 Å². The molecule has 0 unspecified atom stereocenters. The van der Waals surface area contributed by atoms with Gasteiger partial charge in [-0.1, -0.05) is 17.7 Å². The molecule has 168 valence electrons. The van der Waals surface area contributed by atoms with Crippen LogP contribution in [0.4, 0.5) is 4.39 Å². The minimum absolute atomic E-state index is 0.218. The highest BCUT2D eigenvalue weighted by atomic mass is 35.5. The van der Waals surface area contributed by atoms with Crippen LogP contribution in [0.15, 0.2) is 42.7 Å². The third-order valence-electron chi connectivity index (χ3n) is 6.97. The van der Waals surface area contributed by atoms with Crippen molar-refractivity contribution in [1.29, 1.82) is 0 Å². The molecular weight excluding hydrogens is 411 g/mol. The molecular formula is C25H34ClFN4. The largest absolute Gasteiger partial charge is 0.306 e. The van der Waals surface area contributed by atoms with Crippen LogP contribution in [0.1, 0.15) is 36.8 Å². The molecule has 0 saturated carbocycles. The summed E-state index contributed by atoms with van der Waals surface area (Å²) in [6.45, 7) is 7.08. The number of hydrogen-bond donors (Lipinski definition) is 0. The second-order valence-corrected chi connectivity index (χ2v) is 9.65. The van der Waals surface area contributed by atoms with Crippen LogP contribution >= 0.6 is 11.6 Å². The van der Waals surface area contributed by atoms with Crippen LogP contribution in [-0.2, 0) is 13.1 Å². The number of rotatable bonds is 7. The summed E-state index contributed by atoms with van der Waals surface area (Å²) in [4.78, 5) is 11.6. The molecule has 0 N–H and O–H groups in total.